The number of benzene rings is 3. The van der Waals surface area contributed by atoms with E-state index in [4.69, 9.17) is 0 Å². The second-order valence-corrected chi connectivity index (χ2v) is 8.76. The molecule has 1 atom stereocenters. The molecule has 2 aromatic heterocycles. The summed E-state index contributed by atoms with van der Waals surface area (Å²) in [5.41, 5.74) is 1.89. The zero-order valence-corrected chi connectivity index (χ0v) is 16.6. The number of thioether (sulfide) groups is 1. The van der Waals surface area contributed by atoms with Gasteiger partial charge in [0.05, 0.1) is 15.5 Å². The molecule has 1 N–H and O–H groups in total. The second-order valence-electron chi connectivity index (χ2n) is 6.45. The van der Waals surface area contributed by atoms with Gasteiger partial charge in [-0.3, -0.25) is 9.20 Å². The molecule has 7 heteroatoms. The first kappa shape index (κ1) is 17.2. The lowest BCUT2D eigenvalue weighted by molar-refractivity contribution is -0.115. The molecule has 1 unspecified atom stereocenters. The van der Waals surface area contributed by atoms with Crippen LogP contribution in [-0.2, 0) is 4.79 Å². The predicted molar refractivity (Wildman–Crippen MR) is 116 cm³/mol. The molecular formula is C21H16N4OS2. The third kappa shape index (κ3) is 2.93. The van der Waals surface area contributed by atoms with Crippen LogP contribution < -0.4 is 5.32 Å². The van der Waals surface area contributed by atoms with Crippen LogP contribution in [0.2, 0.25) is 0 Å². The first-order chi connectivity index (χ1) is 13.7. The minimum Gasteiger partial charge on any atom is -0.325 e. The van der Waals surface area contributed by atoms with Crippen molar-refractivity contribution >= 4 is 60.6 Å². The topological polar surface area (TPSA) is 59.3 Å². The molecule has 0 radical (unpaired) electrons. The van der Waals surface area contributed by atoms with E-state index in [1.54, 1.807) is 11.3 Å². The number of nitrogens with zero attached hydrogens (tertiary/aromatic N) is 3. The van der Waals surface area contributed by atoms with Crippen LogP contribution in [-0.4, -0.2) is 25.8 Å². The van der Waals surface area contributed by atoms with Gasteiger partial charge in [-0.1, -0.05) is 71.6 Å². The fourth-order valence-electron chi connectivity index (χ4n) is 3.21. The van der Waals surface area contributed by atoms with E-state index in [-0.39, 0.29) is 11.2 Å². The minimum absolute atomic E-state index is 0.0577. The normalized spacial score (nSPS) is 12.6. The number of hydrogen-bond acceptors (Lipinski definition) is 5. The van der Waals surface area contributed by atoms with Gasteiger partial charge in [-0.15, -0.1) is 10.2 Å². The van der Waals surface area contributed by atoms with Crippen molar-refractivity contribution in [2.24, 2.45) is 0 Å². The Morgan fingerprint density at radius 2 is 1.82 bits per heavy atom. The molecular weight excluding hydrogens is 388 g/mol. The Labute approximate surface area is 169 Å². The molecule has 0 saturated heterocycles. The average Bonchev–Trinajstić information content (AvgIpc) is 3.28. The number of nitrogens with one attached hydrogen (secondary N) is 1. The zero-order valence-electron chi connectivity index (χ0n) is 15.0. The molecule has 0 aliphatic heterocycles. The van der Waals surface area contributed by atoms with E-state index in [0.717, 1.165) is 36.8 Å². The molecule has 5 nitrogen and oxygen atoms in total. The number of rotatable bonds is 4. The summed E-state index contributed by atoms with van der Waals surface area (Å²) in [4.78, 5) is 13.7. The van der Waals surface area contributed by atoms with E-state index in [2.05, 4.69) is 21.6 Å². The van der Waals surface area contributed by atoms with Gasteiger partial charge in [-0.05, 0) is 30.5 Å². The van der Waals surface area contributed by atoms with E-state index in [0.29, 0.717) is 0 Å². The number of hydrogen-bond donors (Lipinski definition) is 1. The molecule has 5 aromatic rings. The van der Waals surface area contributed by atoms with E-state index in [9.17, 15) is 4.79 Å². The SMILES string of the molecule is CC(Sc1nnc2sc3ccccc3n12)C(=O)Nc1cccc2ccccc12. The number of carbonyl (C=O) groups is 1. The summed E-state index contributed by atoms with van der Waals surface area (Å²) in [6.45, 7) is 1.89. The summed E-state index contributed by atoms with van der Waals surface area (Å²) in [6.07, 6.45) is 0. The number of thiazole rings is 1. The van der Waals surface area contributed by atoms with Crippen LogP contribution >= 0.6 is 23.1 Å². The summed E-state index contributed by atoms with van der Waals surface area (Å²) in [7, 11) is 0. The van der Waals surface area contributed by atoms with Crippen LogP contribution in [0.15, 0.2) is 71.9 Å². The average molecular weight is 405 g/mol. The quantitative estimate of drug-likeness (QED) is 0.417. The van der Waals surface area contributed by atoms with Crippen LogP contribution in [0.1, 0.15) is 6.92 Å². The van der Waals surface area contributed by atoms with E-state index >= 15 is 0 Å². The van der Waals surface area contributed by atoms with E-state index < -0.39 is 0 Å². The van der Waals surface area contributed by atoms with Crippen LogP contribution in [0.5, 0.6) is 0 Å². The zero-order chi connectivity index (χ0) is 19.1. The van der Waals surface area contributed by atoms with Crippen molar-refractivity contribution < 1.29 is 4.79 Å². The Balaban J connectivity index is 1.41. The summed E-state index contributed by atoms with van der Waals surface area (Å²) >= 11 is 3.01. The second kappa shape index (κ2) is 6.92. The van der Waals surface area contributed by atoms with E-state index in [1.807, 2.05) is 72.0 Å². The number of para-hydroxylation sites is 1. The third-order valence-corrected chi connectivity index (χ3v) is 6.66. The molecule has 0 saturated carbocycles. The number of anilines is 1. The highest BCUT2D eigenvalue weighted by atomic mass is 32.2. The van der Waals surface area contributed by atoms with Crippen LogP contribution in [0.25, 0.3) is 25.9 Å². The number of aromatic nitrogens is 3. The Morgan fingerprint density at radius 1 is 1.04 bits per heavy atom. The Kier molecular flexibility index (Phi) is 4.26. The number of fused-ring (bicyclic) bond motifs is 4. The maximum atomic E-state index is 12.8. The molecule has 1 amide bonds. The Morgan fingerprint density at radius 3 is 2.75 bits per heavy atom. The van der Waals surface area contributed by atoms with Crippen molar-refractivity contribution in [1.29, 1.82) is 0 Å². The maximum Gasteiger partial charge on any atom is 0.237 e. The molecule has 0 fully saturated rings. The molecule has 28 heavy (non-hydrogen) atoms. The van der Waals surface area contributed by atoms with Gasteiger partial charge < -0.3 is 5.32 Å². The van der Waals surface area contributed by atoms with Gasteiger partial charge in [0.15, 0.2) is 5.16 Å². The van der Waals surface area contributed by atoms with Crippen molar-refractivity contribution in [1.82, 2.24) is 14.6 Å². The lowest BCUT2D eigenvalue weighted by Crippen LogP contribution is -2.22. The molecule has 2 heterocycles. The van der Waals surface area contributed by atoms with E-state index in [1.165, 1.54) is 11.8 Å². The Hall–Kier alpha value is -2.90. The largest absolute Gasteiger partial charge is 0.325 e. The summed E-state index contributed by atoms with van der Waals surface area (Å²) in [6, 6.07) is 22.1. The third-order valence-electron chi connectivity index (χ3n) is 4.61. The van der Waals surface area contributed by atoms with Gasteiger partial charge in [-0.2, -0.15) is 0 Å². The van der Waals surface area contributed by atoms with Crippen molar-refractivity contribution in [3.8, 4) is 0 Å². The van der Waals surface area contributed by atoms with Gasteiger partial charge in [0.25, 0.3) is 0 Å². The molecule has 0 aliphatic rings. The van der Waals surface area contributed by atoms with Gasteiger partial charge in [0.2, 0.25) is 10.9 Å². The lowest BCUT2D eigenvalue weighted by Gasteiger charge is -2.12. The molecule has 0 spiro atoms. The van der Waals surface area contributed by atoms with Gasteiger partial charge in [0, 0.05) is 11.1 Å². The molecule has 138 valence electrons. The monoisotopic (exact) mass is 404 g/mol. The van der Waals surface area contributed by atoms with Crippen molar-refractivity contribution in [2.45, 2.75) is 17.3 Å². The smallest absolute Gasteiger partial charge is 0.237 e. The van der Waals surface area contributed by atoms with Crippen molar-refractivity contribution in [3.63, 3.8) is 0 Å². The first-order valence-corrected chi connectivity index (χ1v) is 10.6. The summed E-state index contributed by atoms with van der Waals surface area (Å²) < 4.78 is 3.17. The summed E-state index contributed by atoms with van der Waals surface area (Å²) in [5, 5.41) is 14.2. The predicted octanol–water partition coefficient (Wildman–Crippen LogP) is 5.22. The van der Waals surface area contributed by atoms with Gasteiger partial charge in [-0.25, -0.2) is 0 Å². The fourth-order valence-corrected chi connectivity index (χ4v) is 5.10. The molecule has 0 bridgehead atoms. The van der Waals surface area contributed by atoms with Crippen molar-refractivity contribution in [3.05, 3.63) is 66.7 Å². The molecule has 0 aliphatic carbocycles. The van der Waals surface area contributed by atoms with Gasteiger partial charge in [0.1, 0.15) is 0 Å². The fraction of sp³-hybridized carbons (Fsp3) is 0.0952. The first-order valence-electron chi connectivity index (χ1n) is 8.88. The lowest BCUT2D eigenvalue weighted by atomic mass is 10.1. The van der Waals surface area contributed by atoms with Crippen LogP contribution in [0, 0.1) is 0 Å². The molecule has 5 rings (SSSR count). The van der Waals surface area contributed by atoms with Crippen molar-refractivity contribution in [2.75, 3.05) is 5.32 Å². The van der Waals surface area contributed by atoms with Crippen LogP contribution in [0.4, 0.5) is 5.69 Å². The Bertz CT molecular complexity index is 1320. The standard InChI is InChI=1S/C21H16N4OS2/c1-13(19(26)22-16-10-6-8-14-7-2-3-9-15(14)16)27-20-23-24-21-25(20)17-11-4-5-12-18(17)28-21/h2-13H,1H3,(H,22,26). The molecule has 3 aromatic carbocycles. The number of amides is 1. The number of carbonyl (C=O) groups excluding carboxylic acids is 1. The maximum absolute atomic E-state index is 12.8. The van der Waals surface area contributed by atoms with Gasteiger partial charge >= 0.3 is 0 Å². The summed E-state index contributed by atoms with van der Waals surface area (Å²) in [5.74, 6) is -0.0577. The minimum atomic E-state index is -0.315. The van der Waals surface area contributed by atoms with Crippen LogP contribution in [0.3, 0.4) is 0 Å². The highest BCUT2D eigenvalue weighted by Crippen LogP contribution is 2.31. The highest BCUT2D eigenvalue weighted by Gasteiger charge is 2.20. The highest BCUT2D eigenvalue weighted by molar-refractivity contribution is 8.00.